The molecule has 0 saturated heterocycles. The highest BCUT2D eigenvalue weighted by Crippen LogP contribution is 2.18. The maximum absolute atomic E-state index is 14.5. The summed E-state index contributed by atoms with van der Waals surface area (Å²) in [6, 6.07) is 17.2. The lowest BCUT2D eigenvalue weighted by molar-refractivity contribution is 0.0509. The Bertz CT molecular complexity index is 1400. The van der Waals surface area contributed by atoms with Crippen molar-refractivity contribution in [2.75, 3.05) is 6.61 Å². The number of carbonyl (C=O) groups excluding carboxylic acids is 1. The third-order valence-corrected chi connectivity index (χ3v) is 4.88. The van der Waals surface area contributed by atoms with E-state index in [0.29, 0.717) is 12.8 Å². The maximum Gasteiger partial charge on any atom is 0.376 e. The average molecular weight is 431 g/mol. The van der Waals surface area contributed by atoms with Gasteiger partial charge in [0.15, 0.2) is 0 Å². The largest absolute Gasteiger partial charge is 0.460 e. The van der Waals surface area contributed by atoms with Crippen LogP contribution in [0.15, 0.2) is 59.4 Å². The molecule has 0 amide bonds. The van der Waals surface area contributed by atoms with Crippen molar-refractivity contribution in [1.82, 2.24) is 19.2 Å². The Hall–Kier alpha value is -4.32. The molecule has 0 spiro atoms. The molecule has 160 valence electrons. The minimum absolute atomic E-state index is 0.00571. The van der Waals surface area contributed by atoms with Crippen molar-refractivity contribution in [3.8, 4) is 11.8 Å². The lowest BCUT2D eigenvalue weighted by Crippen LogP contribution is -2.25. The topological polar surface area (TPSA) is 102 Å². The average Bonchev–Trinajstić information content (AvgIpc) is 3.18. The van der Waals surface area contributed by atoms with Crippen LogP contribution in [0, 0.1) is 17.1 Å². The zero-order valence-electron chi connectivity index (χ0n) is 17.2. The summed E-state index contributed by atoms with van der Waals surface area (Å²) in [4.78, 5) is 30.1. The van der Waals surface area contributed by atoms with Gasteiger partial charge in [-0.05, 0) is 37.5 Å². The third kappa shape index (κ3) is 3.74. The fourth-order valence-corrected chi connectivity index (χ4v) is 3.38. The molecule has 0 bridgehead atoms. The Labute approximate surface area is 182 Å². The highest BCUT2D eigenvalue weighted by atomic mass is 19.1. The van der Waals surface area contributed by atoms with Gasteiger partial charge in [0.2, 0.25) is 11.6 Å². The Morgan fingerprint density at radius 2 is 1.84 bits per heavy atom. The Morgan fingerprint density at radius 1 is 1.12 bits per heavy atom. The summed E-state index contributed by atoms with van der Waals surface area (Å²) in [6.07, 6.45) is 0.840. The fraction of sp³-hybridized carbons (Fsp3) is 0.174. The summed E-state index contributed by atoms with van der Waals surface area (Å²) in [5.41, 5.74) is 0.303. The minimum Gasteiger partial charge on any atom is -0.460 e. The van der Waals surface area contributed by atoms with Gasteiger partial charge in [-0.2, -0.15) is 9.94 Å². The van der Waals surface area contributed by atoms with E-state index >= 15 is 0 Å². The van der Waals surface area contributed by atoms with Crippen LogP contribution < -0.4 is 5.56 Å². The zero-order valence-corrected chi connectivity index (χ0v) is 17.2. The molecule has 0 radical (unpaired) electrons. The number of aryl methyl sites for hydroxylation is 2. The molecule has 0 fully saturated rings. The second-order valence-electron chi connectivity index (χ2n) is 6.88. The van der Waals surface area contributed by atoms with Crippen molar-refractivity contribution in [3.05, 3.63) is 93.4 Å². The number of esters is 1. The van der Waals surface area contributed by atoms with Gasteiger partial charge in [-0.3, -0.25) is 4.79 Å². The van der Waals surface area contributed by atoms with Crippen LogP contribution in [0.4, 0.5) is 4.39 Å². The number of carbonyl (C=O) groups is 1. The van der Waals surface area contributed by atoms with Crippen LogP contribution in [-0.2, 0) is 17.6 Å². The minimum atomic E-state index is -0.877. The van der Waals surface area contributed by atoms with Crippen LogP contribution in [0.1, 0.15) is 34.4 Å². The highest BCUT2D eigenvalue weighted by molar-refractivity contribution is 5.86. The Balaban J connectivity index is 1.95. The molecule has 0 N–H and O–H groups in total. The molecule has 0 aliphatic rings. The van der Waals surface area contributed by atoms with Gasteiger partial charge >= 0.3 is 5.97 Å². The predicted molar refractivity (Wildman–Crippen MR) is 113 cm³/mol. The number of nitriles is 1. The molecule has 0 aliphatic heterocycles. The van der Waals surface area contributed by atoms with Gasteiger partial charge in [-0.15, -0.1) is 5.10 Å². The normalized spacial score (nSPS) is 10.8. The van der Waals surface area contributed by atoms with Crippen LogP contribution >= 0.6 is 0 Å². The van der Waals surface area contributed by atoms with Gasteiger partial charge in [0, 0.05) is 0 Å². The smallest absolute Gasteiger partial charge is 0.376 e. The lowest BCUT2D eigenvalue weighted by Gasteiger charge is -2.07. The molecule has 2 aromatic heterocycles. The first-order chi connectivity index (χ1) is 15.5. The van der Waals surface area contributed by atoms with Crippen LogP contribution in [0.5, 0.6) is 0 Å². The SMILES string of the molecule is CCOC(=O)c1nn(-c2ccccc2F)c2nc(CCc3ccccc3)c(C#N)c(=O)n12. The molecule has 0 aliphatic carbocycles. The van der Waals surface area contributed by atoms with E-state index in [1.54, 1.807) is 13.0 Å². The summed E-state index contributed by atoms with van der Waals surface area (Å²) in [6.45, 7) is 1.66. The van der Waals surface area contributed by atoms with Gasteiger partial charge in [-0.1, -0.05) is 42.5 Å². The number of para-hydroxylation sites is 1. The van der Waals surface area contributed by atoms with Gasteiger partial charge < -0.3 is 4.74 Å². The second kappa shape index (κ2) is 8.81. The molecular weight excluding hydrogens is 413 g/mol. The highest BCUT2D eigenvalue weighted by Gasteiger charge is 2.26. The van der Waals surface area contributed by atoms with Crippen LogP contribution in [0.3, 0.4) is 0 Å². The quantitative estimate of drug-likeness (QED) is 0.435. The molecule has 32 heavy (non-hydrogen) atoms. The summed E-state index contributed by atoms with van der Waals surface area (Å²) in [7, 11) is 0. The molecule has 0 saturated carbocycles. The van der Waals surface area contributed by atoms with E-state index in [-0.39, 0.29) is 35.2 Å². The van der Waals surface area contributed by atoms with E-state index in [0.717, 1.165) is 14.6 Å². The first kappa shape index (κ1) is 20.9. The summed E-state index contributed by atoms with van der Waals surface area (Å²) < 4.78 is 21.5. The Kier molecular flexibility index (Phi) is 5.77. The van der Waals surface area contributed by atoms with Crippen molar-refractivity contribution in [2.24, 2.45) is 0 Å². The van der Waals surface area contributed by atoms with E-state index in [9.17, 15) is 19.2 Å². The molecule has 0 unspecified atom stereocenters. The molecular formula is C23H18FN5O3. The number of fused-ring (bicyclic) bond motifs is 1. The molecule has 2 aromatic carbocycles. The Morgan fingerprint density at radius 3 is 2.53 bits per heavy atom. The lowest BCUT2D eigenvalue weighted by atomic mass is 10.1. The number of nitrogens with zero attached hydrogens (tertiary/aromatic N) is 5. The number of benzene rings is 2. The van der Waals surface area contributed by atoms with Crippen LogP contribution in [0.2, 0.25) is 0 Å². The fourth-order valence-electron chi connectivity index (χ4n) is 3.38. The van der Waals surface area contributed by atoms with Crippen molar-refractivity contribution in [1.29, 1.82) is 5.26 Å². The number of ether oxygens (including phenoxy) is 1. The third-order valence-electron chi connectivity index (χ3n) is 4.88. The van der Waals surface area contributed by atoms with Crippen molar-refractivity contribution in [3.63, 3.8) is 0 Å². The van der Waals surface area contributed by atoms with Crippen LogP contribution in [-0.4, -0.2) is 31.7 Å². The second-order valence-corrected chi connectivity index (χ2v) is 6.88. The summed E-state index contributed by atoms with van der Waals surface area (Å²) >= 11 is 0. The summed E-state index contributed by atoms with van der Waals surface area (Å²) in [5, 5.41) is 13.8. The van der Waals surface area contributed by atoms with E-state index in [4.69, 9.17) is 4.74 Å². The first-order valence-corrected chi connectivity index (χ1v) is 9.95. The van der Waals surface area contributed by atoms with Crippen molar-refractivity contribution in [2.45, 2.75) is 19.8 Å². The number of rotatable bonds is 6. The number of halogens is 1. The standard InChI is InChI=1S/C23H18FN5O3/c1-2-32-22(31)20-27-29(19-11-7-6-10-17(19)24)23-26-18(16(14-25)21(30)28(20)23)13-12-15-8-4-3-5-9-15/h3-11H,2,12-13H2,1H3. The van der Waals surface area contributed by atoms with Crippen molar-refractivity contribution >= 4 is 11.7 Å². The van der Waals surface area contributed by atoms with E-state index in [2.05, 4.69) is 10.1 Å². The molecule has 9 heteroatoms. The van der Waals surface area contributed by atoms with E-state index in [1.807, 2.05) is 36.4 Å². The predicted octanol–water partition coefficient (Wildman–Crippen LogP) is 2.85. The van der Waals surface area contributed by atoms with E-state index in [1.165, 1.54) is 18.2 Å². The molecule has 8 nitrogen and oxygen atoms in total. The molecule has 0 atom stereocenters. The number of hydrogen-bond acceptors (Lipinski definition) is 6. The zero-order chi connectivity index (χ0) is 22.7. The van der Waals surface area contributed by atoms with Crippen LogP contribution in [0.25, 0.3) is 11.5 Å². The number of hydrogen-bond donors (Lipinski definition) is 0. The molecule has 2 heterocycles. The van der Waals surface area contributed by atoms with Gasteiger partial charge in [0.05, 0.1) is 12.3 Å². The van der Waals surface area contributed by atoms with E-state index < -0.39 is 17.3 Å². The summed E-state index contributed by atoms with van der Waals surface area (Å²) in [5.74, 6) is -1.95. The molecule has 4 aromatic rings. The monoisotopic (exact) mass is 431 g/mol. The van der Waals surface area contributed by atoms with Gasteiger partial charge in [0.1, 0.15) is 23.1 Å². The van der Waals surface area contributed by atoms with Gasteiger partial charge in [0.25, 0.3) is 5.56 Å². The molecule has 4 rings (SSSR count). The maximum atomic E-state index is 14.5. The first-order valence-electron chi connectivity index (χ1n) is 9.95. The van der Waals surface area contributed by atoms with Crippen molar-refractivity contribution < 1.29 is 13.9 Å². The van der Waals surface area contributed by atoms with Gasteiger partial charge in [-0.25, -0.2) is 18.6 Å². The number of aromatic nitrogens is 4.